The molecule has 0 saturated carbocycles. The number of benzene rings is 2. The van der Waals surface area contributed by atoms with Gasteiger partial charge in [0.2, 0.25) is 0 Å². The van der Waals surface area contributed by atoms with Crippen molar-refractivity contribution >= 4 is 5.91 Å². The molecule has 0 aliphatic carbocycles. The molecule has 2 atom stereocenters. The molecule has 1 aliphatic rings. The van der Waals surface area contributed by atoms with Crippen LogP contribution in [-0.4, -0.2) is 53.9 Å². The standard InChI is InChI=1S/C24H26FN3O/c1-16-4-6-18(7-5-16)21-14-28(15-23(21)27(2)3)24(29)22-12-19(13-26-22)17-8-10-20(25)11-9-17/h4-13,21,23,26H,14-15H2,1-3H3/t21-,23+/m0/s1. The van der Waals surface area contributed by atoms with Crippen LogP contribution in [0.5, 0.6) is 0 Å². The Hall–Kier alpha value is -2.92. The molecule has 4 nitrogen and oxygen atoms in total. The van der Waals surface area contributed by atoms with Gasteiger partial charge in [-0.1, -0.05) is 42.0 Å². The van der Waals surface area contributed by atoms with Gasteiger partial charge in [-0.2, -0.15) is 0 Å². The number of carbonyl (C=O) groups excluding carboxylic acids is 1. The molecule has 5 heteroatoms. The van der Waals surface area contributed by atoms with Crippen LogP contribution in [0.3, 0.4) is 0 Å². The van der Waals surface area contributed by atoms with Crippen molar-refractivity contribution in [2.24, 2.45) is 0 Å². The predicted octanol–water partition coefficient (Wildman–Crippen LogP) is 4.30. The van der Waals surface area contributed by atoms with Crippen molar-refractivity contribution in [1.82, 2.24) is 14.8 Å². The molecule has 1 aliphatic heterocycles. The fraction of sp³-hybridized carbons (Fsp3) is 0.292. The van der Waals surface area contributed by atoms with Gasteiger partial charge in [0.15, 0.2) is 0 Å². The second kappa shape index (κ2) is 7.84. The third kappa shape index (κ3) is 3.96. The number of aromatic nitrogens is 1. The summed E-state index contributed by atoms with van der Waals surface area (Å²) in [5, 5.41) is 0. The first-order chi connectivity index (χ1) is 13.9. The number of nitrogens with one attached hydrogen (secondary N) is 1. The molecule has 1 saturated heterocycles. The van der Waals surface area contributed by atoms with Crippen LogP contribution in [0.25, 0.3) is 11.1 Å². The Balaban J connectivity index is 1.54. The van der Waals surface area contributed by atoms with Gasteiger partial charge in [-0.3, -0.25) is 4.79 Å². The molecule has 29 heavy (non-hydrogen) atoms. The minimum Gasteiger partial charge on any atom is -0.357 e. The molecular formula is C24H26FN3O. The van der Waals surface area contributed by atoms with E-state index in [1.54, 1.807) is 18.3 Å². The van der Waals surface area contributed by atoms with Gasteiger partial charge in [0.05, 0.1) is 0 Å². The van der Waals surface area contributed by atoms with Crippen molar-refractivity contribution in [3.05, 3.63) is 83.4 Å². The summed E-state index contributed by atoms with van der Waals surface area (Å²) in [7, 11) is 4.14. The molecule has 3 aromatic rings. The maximum absolute atomic E-state index is 13.2. The molecule has 150 valence electrons. The van der Waals surface area contributed by atoms with Crippen LogP contribution in [0.1, 0.15) is 27.5 Å². The summed E-state index contributed by atoms with van der Waals surface area (Å²) in [6.45, 7) is 3.46. The number of amides is 1. The lowest BCUT2D eigenvalue weighted by atomic mass is 9.93. The van der Waals surface area contributed by atoms with Crippen molar-refractivity contribution in [3.8, 4) is 11.1 Å². The first-order valence-electron chi connectivity index (χ1n) is 9.89. The van der Waals surface area contributed by atoms with Gasteiger partial charge in [-0.25, -0.2) is 4.39 Å². The van der Waals surface area contributed by atoms with E-state index in [-0.39, 0.29) is 23.7 Å². The molecule has 2 heterocycles. The van der Waals surface area contributed by atoms with Gasteiger partial charge in [0.1, 0.15) is 11.5 Å². The monoisotopic (exact) mass is 391 g/mol. The fourth-order valence-corrected chi connectivity index (χ4v) is 4.11. The molecule has 0 radical (unpaired) electrons. The van der Waals surface area contributed by atoms with Gasteiger partial charge < -0.3 is 14.8 Å². The van der Waals surface area contributed by atoms with E-state index in [2.05, 4.69) is 55.2 Å². The SMILES string of the molecule is Cc1ccc([C@@H]2CN(C(=O)c3cc(-c4ccc(F)cc4)c[nH]3)C[C@H]2N(C)C)cc1. The molecule has 1 aromatic heterocycles. The van der Waals surface area contributed by atoms with Gasteiger partial charge in [0, 0.05) is 31.2 Å². The van der Waals surface area contributed by atoms with Crippen molar-refractivity contribution < 1.29 is 9.18 Å². The molecule has 1 amide bonds. The van der Waals surface area contributed by atoms with E-state index in [1.807, 2.05) is 11.0 Å². The number of hydrogen-bond acceptors (Lipinski definition) is 2. The zero-order chi connectivity index (χ0) is 20.5. The maximum Gasteiger partial charge on any atom is 0.270 e. The van der Waals surface area contributed by atoms with Crippen LogP contribution < -0.4 is 0 Å². The Morgan fingerprint density at radius 2 is 1.72 bits per heavy atom. The predicted molar refractivity (Wildman–Crippen MR) is 113 cm³/mol. The Kier molecular flexibility index (Phi) is 5.24. The second-order valence-electron chi connectivity index (χ2n) is 8.07. The first-order valence-corrected chi connectivity index (χ1v) is 9.89. The number of aromatic amines is 1. The van der Waals surface area contributed by atoms with E-state index in [9.17, 15) is 9.18 Å². The fourth-order valence-electron chi connectivity index (χ4n) is 4.11. The summed E-state index contributed by atoms with van der Waals surface area (Å²) in [5.41, 5.74) is 4.83. The minimum atomic E-state index is -0.269. The van der Waals surface area contributed by atoms with Gasteiger partial charge in [-0.15, -0.1) is 0 Å². The summed E-state index contributed by atoms with van der Waals surface area (Å²) in [5.74, 6) is 0.00966. The number of hydrogen-bond donors (Lipinski definition) is 1. The van der Waals surface area contributed by atoms with Gasteiger partial charge in [0.25, 0.3) is 5.91 Å². The maximum atomic E-state index is 13.2. The van der Waals surface area contributed by atoms with E-state index in [4.69, 9.17) is 0 Å². The molecule has 1 fully saturated rings. The highest BCUT2D eigenvalue weighted by Crippen LogP contribution is 2.31. The number of rotatable bonds is 4. The molecule has 0 unspecified atom stereocenters. The largest absolute Gasteiger partial charge is 0.357 e. The molecule has 2 aromatic carbocycles. The topological polar surface area (TPSA) is 39.3 Å². The number of carbonyl (C=O) groups is 1. The van der Waals surface area contributed by atoms with E-state index in [0.717, 1.165) is 11.1 Å². The van der Waals surface area contributed by atoms with E-state index < -0.39 is 0 Å². The smallest absolute Gasteiger partial charge is 0.270 e. The van der Waals surface area contributed by atoms with Crippen molar-refractivity contribution in [2.75, 3.05) is 27.2 Å². The Morgan fingerprint density at radius 3 is 2.38 bits per heavy atom. The molecular weight excluding hydrogens is 365 g/mol. The van der Waals surface area contributed by atoms with Crippen molar-refractivity contribution in [2.45, 2.75) is 18.9 Å². The van der Waals surface area contributed by atoms with Gasteiger partial charge in [-0.05, 0) is 55.9 Å². The van der Waals surface area contributed by atoms with Crippen LogP contribution in [0, 0.1) is 12.7 Å². The van der Waals surface area contributed by atoms with Crippen LogP contribution in [0.4, 0.5) is 4.39 Å². The number of halogens is 1. The summed E-state index contributed by atoms with van der Waals surface area (Å²) in [6, 6.07) is 17.0. The number of H-pyrrole nitrogens is 1. The number of likely N-dealkylation sites (N-methyl/N-ethyl adjacent to an activating group) is 1. The average molecular weight is 391 g/mol. The Labute approximate surface area is 171 Å². The summed E-state index contributed by atoms with van der Waals surface area (Å²) < 4.78 is 13.2. The lowest BCUT2D eigenvalue weighted by Crippen LogP contribution is -2.35. The zero-order valence-corrected chi connectivity index (χ0v) is 17.0. The third-order valence-electron chi connectivity index (χ3n) is 5.84. The summed E-state index contributed by atoms with van der Waals surface area (Å²) in [6.07, 6.45) is 1.80. The van der Waals surface area contributed by atoms with Gasteiger partial charge >= 0.3 is 0 Å². The van der Waals surface area contributed by atoms with Crippen LogP contribution >= 0.6 is 0 Å². The summed E-state index contributed by atoms with van der Waals surface area (Å²) >= 11 is 0. The molecule has 0 bridgehead atoms. The highest BCUT2D eigenvalue weighted by Gasteiger charge is 2.37. The lowest BCUT2D eigenvalue weighted by molar-refractivity contribution is 0.0777. The minimum absolute atomic E-state index is 0.000164. The highest BCUT2D eigenvalue weighted by atomic mass is 19.1. The first kappa shape index (κ1) is 19.4. The van der Waals surface area contributed by atoms with E-state index >= 15 is 0 Å². The normalized spacial score (nSPS) is 19.1. The number of likely N-dealkylation sites (tertiary alicyclic amines) is 1. The lowest BCUT2D eigenvalue weighted by Gasteiger charge is -2.25. The van der Waals surface area contributed by atoms with Crippen LogP contribution in [0.2, 0.25) is 0 Å². The number of aryl methyl sites for hydroxylation is 1. The van der Waals surface area contributed by atoms with Crippen molar-refractivity contribution in [1.29, 1.82) is 0 Å². The van der Waals surface area contributed by atoms with E-state index in [0.29, 0.717) is 18.8 Å². The quantitative estimate of drug-likeness (QED) is 0.720. The average Bonchev–Trinajstić information content (AvgIpc) is 3.37. The Morgan fingerprint density at radius 1 is 1.03 bits per heavy atom. The summed E-state index contributed by atoms with van der Waals surface area (Å²) in [4.78, 5) is 20.4. The van der Waals surface area contributed by atoms with Crippen LogP contribution in [0.15, 0.2) is 60.8 Å². The zero-order valence-electron chi connectivity index (χ0n) is 17.0. The highest BCUT2D eigenvalue weighted by molar-refractivity contribution is 5.94. The number of nitrogens with zero attached hydrogens (tertiary/aromatic N) is 2. The molecule has 4 rings (SSSR count). The van der Waals surface area contributed by atoms with Crippen molar-refractivity contribution in [3.63, 3.8) is 0 Å². The van der Waals surface area contributed by atoms with Crippen LogP contribution in [-0.2, 0) is 0 Å². The Bertz CT molecular complexity index is 992. The van der Waals surface area contributed by atoms with E-state index in [1.165, 1.54) is 23.3 Å². The molecule has 1 N–H and O–H groups in total. The second-order valence-corrected chi connectivity index (χ2v) is 8.07. The third-order valence-corrected chi connectivity index (χ3v) is 5.84. The molecule has 0 spiro atoms.